The molecule has 2 amide bonds. The van der Waals surface area contributed by atoms with E-state index in [0.29, 0.717) is 5.69 Å². The van der Waals surface area contributed by atoms with E-state index in [1.54, 1.807) is 0 Å². The molecule has 3 N–H and O–H groups in total. The zero-order valence-corrected chi connectivity index (χ0v) is 17.1. The van der Waals surface area contributed by atoms with Crippen molar-refractivity contribution in [3.05, 3.63) is 59.9 Å². The summed E-state index contributed by atoms with van der Waals surface area (Å²) < 4.78 is 18.8. The van der Waals surface area contributed by atoms with Crippen LogP contribution in [0, 0.1) is 5.82 Å². The lowest BCUT2D eigenvalue weighted by Gasteiger charge is -2.20. The Labute approximate surface area is 174 Å². The van der Waals surface area contributed by atoms with Gasteiger partial charge in [-0.1, -0.05) is 12.1 Å². The highest BCUT2D eigenvalue weighted by atomic mass is 19.1. The number of anilines is 1. The normalized spacial score (nSPS) is 16.9. The van der Waals surface area contributed by atoms with Crippen molar-refractivity contribution >= 4 is 23.2 Å². The Kier molecular flexibility index (Phi) is 6.34. The SMILES string of the molecule is CC(C)Oc1ccc(C(C)NC(=O)C2=NN(c3ccc(F)cc3)C(C(N)=O)C2)cc1. The average molecular weight is 412 g/mol. The predicted molar refractivity (Wildman–Crippen MR) is 113 cm³/mol. The van der Waals surface area contributed by atoms with Gasteiger partial charge in [0.2, 0.25) is 5.91 Å². The van der Waals surface area contributed by atoms with Crippen LogP contribution in [0.3, 0.4) is 0 Å². The van der Waals surface area contributed by atoms with E-state index >= 15 is 0 Å². The van der Waals surface area contributed by atoms with Gasteiger partial charge in [0.05, 0.1) is 17.8 Å². The van der Waals surface area contributed by atoms with Crippen LogP contribution in [-0.4, -0.2) is 29.7 Å². The fraction of sp³-hybridized carbons (Fsp3) is 0.318. The third-order valence-corrected chi connectivity index (χ3v) is 4.69. The van der Waals surface area contributed by atoms with Crippen LogP contribution in [0.15, 0.2) is 53.6 Å². The number of hydrogen-bond donors (Lipinski definition) is 2. The first-order chi connectivity index (χ1) is 14.2. The molecule has 1 heterocycles. The van der Waals surface area contributed by atoms with E-state index in [9.17, 15) is 14.0 Å². The Morgan fingerprint density at radius 1 is 1.13 bits per heavy atom. The van der Waals surface area contributed by atoms with E-state index in [0.717, 1.165) is 11.3 Å². The fourth-order valence-corrected chi connectivity index (χ4v) is 3.17. The highest BCUT2D eigenvalue weighted by Crippen LogP contribution is 2.25. The maximum absolute atomic E-state index is 13.2. The van der Waals surface area contributed by atoms with Crippen molar-refractivity contribution in [3.63, 3.8) is 0 Å². The van der Waals surface area contributed by atoms with E-state index in [2.05, 4.69) is 10.4 Å². The van der Waals surface area contributed by atoms with Gasteiger partial charge in [-0.25, -0.2) is 4.39 Å². The second kappa shape index (κ2) is 8.94. The largest absolute Gasteiger partial charge is 0.491 e. The third-order valence-electron chi connectivity index (χ3n) is 4.69. The van der Waals surface area contributed by atoms with Crippen molar-refractivity contribution in [3.8, 4) is 5.75 Å². The van der Waals surface area contributed by atoms with Gasteiger partial charge in [-0.15, -0.1) is 0 Å². The molecule has 2 unspecified atom stereocenters. The number of ether oxygens (including phenoxy) is 1. The summed E-state index contributed by atoms with van der Waals surface area (Å²) in [4.78, 5) is 24.6. The van der Waals surface area contributed by atoms with Gasteiger partial charge in [0.25, 0.3) is 5.91 Å². The molecule has 0 radical (unpaired) electrons. The number of primary amides is 1. The summed E-state index contributed by atoms with van der Waals surface area (Å²) in [6.07, 6.45) is 0.155. The minimum absolute atomic E-state index is 0.0758. The van der Waals surface area contributed by atoms with E-state index in [4.69, 9.17) is 10.5 Å². The smallest absolute Gasteiger partial charge is 0.268 e. The Bertz CT molecular complexity index is 942. The molecule has 0 aromatic heterocycles. The second-order valence-corrected chi connectivity index (χ2v) is 7.42. The molecule has 2 aromatic carbocycles. The Hall–Kier alpha value is -3.42. The van der Waals surface area contributed by atoms with Gasteiger partial charge in [-0.3, -0.25) is 14.6 Å². The fourth-order valence-electron chi connectivity index (χ4n) is 3.17. The van der Waals surface area contributed by atoms with Gasteiger partial charge in [-0.05, 0) is 62.7 Å². The molecule has 2 atom stereocenters. The number of amides is 2. The second-order valence-electron chi connectivity index (χ2n) is 7.42. The number of hydrazone groups is 1. The van der Waals surface area contributed by atoms with E-state index in [1.165, 1.54) is 29.3 Å². The number of carbonyl (C=O) groups is 2. The number of halogens is 1. The Morgan fingerprint density at radius 2 is 1.77 bits per heavy atom. The first-order valence-corrected chi connectivity index (χ1v) is 9.73. The number of carbonyl (C=O) groups excluding carboxylic acids is 2. The molecule has 7 nitrogen and oxygen atoms in total. The van der Waals surface area contributed by atoms with Crippen LogP contribution in [0.2, 0.25) is 0 Å². The van der Waals surface area contributed by atoms with Crippen molar-refractivity contribution in [2.75, 3.05) is 5.01 Å². The molecule has 0 saturated carbocycles. The van der Waals surface area contributed by atoms with Crippen LogP contribution in [0.4, 0.5) is 10.1 Å². The molecule has 8 heteroatoms. The maximum Gasteiger partial charge on any atom is 0.268 e. The van der Waals surface area contributed by atoms with Crippen LogP contribution >= 0.6 is 0 Å². The van der Waals surface area contributed by atoms with E-state index < -0.39 is 17.8 Å². The topological polar surface area (TPSA) is 97.0 Å². The number of nitrogens with one attached hydrogen (secondary N) is 1. The molecule has 0 aliphatic carbocycles. The molecular formula is C22H25FN4O3. The molecule has 1 aliphatic heterocycles. The maximum atomic E-state index is 13.2. The molecular weight excluding hydrogens is 387 g/mol. The zero-order chi connectivity index (χ0) is 21.8. The van der Waals surface area contributed by atoms with Crippen LogP contribution in [0.1, 0.15) is 38.8 Å². The molecule has 3 rings (SSSR count). The van der Waals surface area contributed by atoms with Crippen molar-refractivity contribution in [2.24, 2.45) is 10.8 Å². The van der Waals surface area contributed by atoms with Gasteiger partial charge in [0, 0.05) is 6.42 Å². The van der Waals surface area contributed by atoms with E-state index in [1.807, 2.05) is 45.0 Å². The molecule has 30 heavy (non-hydrogen) atoms. The van der Waals surface area contributed by atoms with Gasteiger partial charge in [0.15, 0.2) is 0 Å². The number of nitrogens with two attached hydrogens (primary N) is 1. The Balaban J connectivity index is 1.71. The summed E-state index contributed by atoms with van der Waals surface area (Å²) in [7, 11) is 0. The van der Waals surface area contributed by atoms with Crippen molar-refractivity contribution in [1.29, 1.82) is 0 Å². The lowest BCUT2D eigenvalue weighted by atomic mass is 10.1. The van der Waals surface area contributed by atoms with E-state index in [-0.39, 0.29) is 30.2 Å². The zero-order valence-electron chi connectivity index (χ0n) is 17.1. The number of hydrogen-bond acceptors (Lipinski definition) is 5. The monoisotopic (exact) mass is 412 g/mol. The van der Waals surface area contributed by atoms with Gasteiger partial charge < -0.3 is 15.8 Å². The number of benzene rings is 2. The van der Waals surface area contributed by atoms with Crippen LogP contribution in [-0.2, 0) is 9.59 Å². The number of rotatable bonds is 7. The first kappa shape index (κ1) is 21.3. The highest BCUT2D eigenvalue weighted by Gasteiger charge is 2.35. The summed E-state index contributed by atoms with van der Waals surface area (Å²) in [6.45, 7) is 5.76. The summed E-state index contributed by atoms with van der Waals surface area (Å²) >= 11 is 0. The quantitative estimate of drug-likeness (QED) is 0.731. The number of nitrogens with zero attached hydrogens (tertiary/aromatic N) is 2. The standard InChI is InChI=1S/C22H25FN4O3/c1-13(2)30-18-10-4-15(5-11-18)14(3)25-22(29)19-12-20(21(24)28)27(26-19)17-8-6-16(23)7-9-17/h4-11,13-14,20H,12H2,1-3H3,(H2,24,28)(H,25,29). The molecule has 0 saturated heterocycles. The lowest BCUT2D eigenvalue weighted by molar-refractivity contribution is -0.119. The minimum Gasteiger partial charge on any atom is -0.491 e. The molecule has 2 aromatic rings. The molecule has 158 valence electrons. The molecule has 0 fully saturated rings. The van der Waals surface area contributed by atoms with Crippen molar-refractivity contribution in [2.45, 2.75) is 45.4 Å². The summed E-state index contributed by atoms with van der Waals surface area (Å²) in [5.74, 6) is -0.652. The molecule has 1 aliphatic rings. The Morgan fingerprint density at radius 3 is 2.33 bits per heavy atom. The highest BCUT2D eigenvalue weighted by molar-refractivity contribution is 6.40. The third kappa shape index (κ3) is 4.94. The van der Waals surface area contributed by atoms with Crippen LogP contribution in [0.25, 0.3) is 0 Å². The molecule has 0 spiro atoms. The summed E-state index contributed by atoms with van der Waals surface area (Å²) in [5.41, 5.74) is 7.06. The summed E-state index contributed by atoms with van der Waals surface area (Å²) in [6, 6.07) is 11.9. The average Bonchev–Trinajstić information content (AvgIpc) is 3.14. The van der Waals surface area contributed by atoms with Gasteiger partial charge in [-0.2, -0.15) is 5.10 Å². The van der Waals surface area contributed by atoms with Crippen LogP contribution in [0.5, 0.6) is 5.75 Å². The predicted octanol–water partition coefficient (Wildman–Crippen LogP) is 2.91. The lowest BCUT2D eigenvalue weighted by Crippen LogP contribution is -2.40. The van der Waals surface area contributed by atoms with Crippen LogP contribution < -0.4 is 20.8 Å². The first-order valence-electron chi connectivity index (χ1n) is 9.73. The minimum atomic E-state index is -0.806. The summed E-state index contributed by atoms with van der Waals surface area (Å²) in [5, 5.41) is 8.53. The van der Waals surface area contributed by atoms with Crippen molar-refractivity contribution in [1.82, 2.24) is 5.32 Å². The van der Waals surface area contributed by atoms with Crippen molar-refractivity contribution < 1.29 is 18.7 Å². The molecule has 0 bridgehead atoms. The van der Waals surface area contributed by atoms with Gasteiger partial charge in [0.1, 0.15) is 23.3 Å². The van der Waals surface area contributed by atoms with Gasteiger partial charge >= 0.3 is 0 Å².